The number of hydrogen-bond acceptors (Lipinski definition) is 4. The normalized spacial score (nSPS) is 19.9. The van der Waals surface area contributed by atoms with Crippen LogP contribution in [0.3, 0.4) is 0 Å². The van der Waals surface area contributed by atoms with Crippen LogP contribution in [-0.2, 0) is 0 Å². The van der Waals surface area contributed by atoms with Gasteiger partial charge in [0, 0.05) is 25.2 Å². The summed E-state index contributed by atoms with van der Waals surface area (Å²) in [4.78, 5) is 14.1. The Morgan fingerprint density at radius 3 is 2.89 bits per heavy atom. The molecule has 2 heterocycles. The Morgan fingerprint density at radius 2 is 2.16 bits per heavy atom. The van der Waals surface area contributed by atoms with E-state index in [0.29, 0.717) is 17.1 Å². The van der Waals surface area contributed by atoms with Gasteiger partial charge in [0.2, 0.25) is 6.79 Å². The highest BCUT2D eigenvalue weighted by molar-refractivity contribution is 5.95. The van der Waals surface area contributed by atoms with Crippen molar-refractivity contribution in [2.75, 3.05) is 26.9 Å². The topological polar surface area (TPSA) is 50.8 Å². The second-order valence-corrected chi connectivity index (χ2v) is 4.63. The van der Waals surface area contributed by atoms with Crippen LogP contribution >= 0.6 is 12.4 Å². The maximum absolute atomic E-state index is 12.3. The standard InChI is InChI=1S/C13H16N2O3.ClH/c1-15(10-4-5-14-7-10)13(16)9-2-3-11-12(6-9)18-8-17-11;/h2-3,6,10,14H,4-5,7-8H2,1H3;1H/t10-;/m1./s1. The molecule has 6 heteroatoms. The summed E-state index contributed by atoms with van der Waals surface area (Å²) < 4.78 is 10.5. The van der Waals surface area contributed by atoms with Gasteiger partial charge in [0.15, 0.2) is 11.5 Å². The van der Waals surface area contributed by atoms with Crippen LogP contribution < -0.4 is 14.8 Å². The van der Waals surface area contributed by atoms with Gasteiger partial charge in [-0.2, -0.15) is 0 Å². The van der Waals surface area contributed by atoms with Crippen LogP contribution in [0.5, 0.6) is 11.5 Å². The van der Waals surface area contributed by atoms with Gasteiger partial charge in [-0.15, -0.1) is 12.4 Å². The number of ether oxygens (including phenoxy) is 2. The monoisotopic (exact) mass is 284 g/mol. The molecule has 1 amide bonds. The van der Waals surface area contributed by atoms with Crippen LogP contribution in [0, 0.1) is 0 Å². The first-order valence-corrected chi connectivity index (χ1v) is 6.13. The third-order valence-corrected chi connectivity index (χ3v) is 3.52. The van der Waals surface area contributed by atoms with Gasteiger partial charge in [0.1, 0.15) is 0 Å². The second-order valence-electron chi connectivity index (χ2n) is 4.63. The maximum Gasteiger partial charge on any atom is 0.254 e. The number of fused-ring (bicyclic) bond motifs is 1. The molecule has 1 aromatic rings. The molecule has 2 aliphatic rings. The molecule has 3 rings (SSSR count). The van der Waals surface area contributed by atoms with Crippen molar-refractivity contribution in [3.05, 3.63) is 23.8 Å². The van der Waals surface area contributed by atoms with Crippen LogP contribution in [0.25, 0.3) is 0 Å². The van der Waals surface area contributed by atoms with Crippen LogP contribution in [0.4, 0.5) is 0 Å². The number of hydrogen-bond donors (Lipinski definition) is 1. The number of benzene rings is 1. The molecule has 0 aromatic heterocycles. The number of rotatable bonds is 2. The van der Waals surface area contributed by atoms with Crippen LogP contribution in [0.1, 0.15) is 16.8 Å². The number of nitrogens with one attached hydrogen (secondary N) is 1. The summed E-state index contributed by atoms with van der Waals surface area (Å²) in [6.45, 7) is 2.07. The SMILES string of the molecule is CN(C(=O)c1ccc2c(c1)OCO2)[C@@H]1CCNC1.Cl. The fourth-order valence-electron chi connectivity index (χ4n) is 2.37. The molecule has 2 aliphatic heterocycles. The van der Waals surface area contributed by atoms with Crippen molar-refractivity contribution in [2.24, 2.45) is 0 Å². The van der Waals surface area contributed by atoms with Crippen molar-refractivity contribution in [3.63, 3.8) is 0 Å². The molecule has 0 bridgehead atoms. The van der Waals surface area contributed by atoms with E-state index >= 15 is 0 Å². The van der Waals surface area contributed by atoms with Crippen LogP contribution in [0.2, 0.25) is 0 Å². The van der Waals surface area contributed by atoms with E-state index in [1.54, 1.807) is 23.1 Å². The Hall–Kier alpha value is -1.46. The molecule has 104 valence electrons. The zero-order chi connectivity index (χ0) is 12.5. The fourth-order valence-corrected chi connectivity index (χ4v) is 2.37. The van der Waals surface area contributed by atoms with Gasteiger partial charge in [-0.1, -0.05) is 0 Å². The average molecular weight is 285 g/mol. The molecule has 19 heavy (non-hydrogen) atoms. The Morgan fingerprint density at radius 1 is 1.37 bits per heavy atom. The first kappa shape index (κ1) is 14.0. The lowest BCUT2D eigenvalue weighted by Crippen LogP contribution is -2.38. The van der Waals surface area contributed by atoms with Crippen LogP contribution in [-0.4, -0.2) is 43.8 Å². The minimum absolute atomic E-state index is 0. The molecule has 1 N–H and O–H groups in total. The Bertz CT molecular complexity index is 475. The molecule has 5 nitrogen and oxygen atoms in total. The summed E-state index contributed by atoms with van der Waals surface area (Å²) in [6, 6.07) is 5.61. The summed E-state index contributed by atoms with van der Waals surface area (Å²) in [5.74, 6) is 1.39. The highest BCUT2D eigenvalue weighted by atomic mass is 35.5. The number of carbonyl (C=O) groups is 1. The van der Waals surface area contributed by atoms with Crippen molar-refractivity contribution in [1.29, 1.82) is 0 Å². The summed E-state index contributed by atoms with van der Waals surface area (Å²) in [5.41, 5.74) is 0.647. The smallest absolute Gasteiger partial charge is 0.254 e. The van der Waals surface area contributed by atoms with Gasteiger partial charge >= 0.3 is 0 Å². The number of nitrogens with zero attached hydrogens (tertiary/aromatic N) is 1. The number of amides is 1. The Balaban J connectivity index is 0.00000133. The van der Waals surface area contributed by atoms with Gasteiger partial charge in [0.05, 0.1) is 0 Å². The zero-order valence-corrected chi connectivity index (χ0v) is 11.5. The van der Waals surface area contributed by atoms with Gasteiger partial charge in [0.25, 0.3) is 5.91 Å². The van der Waals surface area contributed by atoms with E-state index in [1.165, 1.54) is 0 Å². The van der Waals surface area contributed by atoms with Crippen LogP contribution in [0.15, 0.2) is 18.2 Å². The largest absolute Gasteiger partial charge is 0.454 e. The van der Waals surface area contributed by atoms with Gasteiger partial charge in [-0.05, 0) is 31.2 Å². The van der Waals surface area contributed by atoms with Crippen molar-refractivity contribution >= 4 is 18.3 Å². The molecule has 0 spiro atoms. The maximum atomic E-state index is 12.3. The summed E-state index contributed by atoms with van der Waals surface area (Å²) in [7, 11) is 1.85. The van der Waals surface area contributed by atoms with Crippen molar-refractivity contribution in [2.45, 2.75) is 12.5 Å². The van der Waals surface area contributed by atoms with Gasteiger partial charge in [-0.25, -0.2) is 0 Å². The van der Waals surface area contributed by atoms with E-state index < -0.39 is 0 Å². The van der Waals surface area contributed by atoms with E-state index in [1.807, 2.05) is 7.05 Å². The molecular formula is C13H17ClN2O3. The highest BCUT2D eigenvalue weighted by Crippen LogP contribution is 2.32. The predicted octanol–water partition coefficient (Wildman–Crippen LogP) is 1.27. The van der Waals surface area contributed by atoms with E-state index in [9.17, 15) is 4.79 Å². The molecule has 0 aliphatic carbocycles. The Kier molecular flexibility index (Phi) is 4.17. The molecule has 0 radical (unpaired) electrons. The molecule has 0 unspecified atom stereocenters. The minimum atomic E-state index is 0. The Labute approximate surface area is 118 Å². The van der Waals surface area contributed by atoms with Crippen molar-refractivity contribution in [3.8, 4) is 11.5 Å². The first-order chi connectivity index (χ1) is 8.75. The first-order valence-electron chi connectivity index (χ1n) is 6.13. The summed E-state index contributed by atoms with van der Waals surface area (Å²) in [5, 5.41) is 3.26. The number of halogens is 1. The van der Waals surface area contributed by atoms with Crippen molar-refractivity contribution < 1.29 is 14.3 Å². The molecule has 1 aromatic carbocycles. The van der Waals surface area contributed by atoms with Gasteiger partial charge in [-0.3, -0.25) is 4.79 Å². The van der Waals surface area contributed by atoms with E-state index in [2.05, 4.69) is 5.32 Å². The molecule has 1 fully saturated rings. The lowest BCUT2D eigenvalue weighted by atomic mass is 10.1. The van der Waals surface area contributed by atoms with Gasteiger partial charge < -0.3 is 19.7 Å². The zero-order valence-electron chi connectivity index (χ0n) is 10.7. The second kappa shape index (κ2) is 5.67. The van der Waals surface area contributed by atoms with Crippen molar-refractivity contribution in [1.82, 2.24) is 10.2 Å². The molecule has 1 saturated heterocycles. The molecule has 0 saturated carbocycles. The third kappa shape index (κ3) is 2.62. The molecular weight excluding hydrogens is 268 g/mol. The number of carbonyl (C=O) groups excluding carboxylic acids is 1. The van der Waals surface area contributed by atoms with E-state index in [4.69, 9.17) is 9.47 Å². The highest BCUT2D eigenvalue weighted by Gasteiger charge is 2.25. The average Bonchev–Trinajstić information content (AvgIpc) is 3.06. The quantitative estimate of drug-likeness (QED) is 0.889. The lowest BCUT2D eigenvalue weighted by Gasteiger charge is -2.23. The lowest BCUT2D eigenvalue weighted by molar-refractivity contribution is 0.0743. The van der Waals surface area contributed by atoms with E-state index in [0.717, 1.165) is 19.5 Å². The fraction of sp³-hybridized carbons (Fsp3) is 0.462. The third-order valence-electron chi connectivity index (χ3n) is 3.52. The summed E-state index contributed by atoms with van der Waals surface area (Å²) >= 11 is 0. The minimum Gasteiger partial charge on any atom is -0.454 e. The van der Waals surface area contributed by atoms with E-state index in [-0.39, 0.29) is 31.1 Å². The molecule has 1 atom stereocenters. The summed E-state index contributed by atoms with van der Waals surface area (Å²) in [6.07, 6.45) is 1.01. The predicted molar refractivity (Wildman–Crippen MR) is 73.2 cm³/mol. The number of likely N-dealkylation sites (N-methyl/N-ethyl adjacent to an activating group) is 1.